The molecule has 19 heavy (non-hydrogen) atoms. The number of rotatable bonds is 4. The Morgan fingerprint density at radius 1 is 1.58 bits per heavy atom. The zero-order valence-electron chi connectivity index (χ0n) is 11.6. The first kappa shape index (κ1) is 14.0. The molecule has 2 aliphatic carbocycles. The maximum Gasteiger partial charge on any atom is 0.307 e. The van der Waals surface area contributed by atoms with Gasteiger partial charge in [-0.15, -0.1) is 0 Å². The molecule has 1 fully saturated rings. The molecule has 0 aromatic carbocycles. The molecule has 2 rings (SSSR count). The SMILES string of the molecule is CC(C)(C)C(C(=O)O)C1(C[N+](=O)[O-])CC2CC=CC21. The second kappa shape index (κ2) is 4.32. The van der Waals surface area contributed by atoms with Crippen molar-refractivity contribution in [1.82, 2.24) is 0 Å². The fourth-order valence-corrected chi connectivity index (χ4v) is 4.33. The van der Waals surface area contributed by atoms with Crippen LogP contribution in [0.15, 0.2) is 12.2 Å². The molecule has 0 spiro atoms. The molecule has 106 valence electrons. The van der Waals surface area contributed by atoms with Crippen LogP contribution in [0.4, 0.5) is 0 Å². The summed E-state index contributed by atoms with van der Waals surface area (Å²) in [6.07, 6.45) is 5.62. The van der Waals surface area contributed by atoms with Crippen molar-refractivity contribution in [3.8, 4) is 0 Å². The highest BCUT2D eigenvalue weighted by molar-refractivity contribution is 5.72. The molecule has 4 atom stereocenters. The first-order valence-corrected chi connectivity index (χ1v) is 6.70. The van der Waals surface area contributed by atoms with Gasteiger partial charge in [0.15, 0.2) is 0 Å². The highest BCUT2D eigenvalue weighted by Gasteiger charge is 2.64. The van der Waals surface area contributed by atoms with E-state index in [-0.39, 0.29) is 17.4 Å². The molecule has 5 nitrogen and oxygen atoms in total. The molecule has 0 bridgehead atoms. The van der Waals surface area contributed by atoms with E-state index in [1.165, 1.54) is 0 Å². The second-order valence-corrected chi connectivity index (χ2v) is 7.02. The van der Waals surface area contributed by atoms with Crippen LogP contribution in [-0.4, -0.2) is 22.5 Å². The Hall–Kier alpha value is -1.39. The van der Waals surface area contributed by atoms with Crippen LogP contribution in [0.1, 0.15) is 33.6 Å². The minimum atomic E-state index is -0.909. The zero-order valence-corrected chi connectivity index (χ0v) is 11.6. The van der Waals surface area contributed by atoms with Crippen molar-refractivity contribution in [2.24, 2.45) is 28.6 Å². The van der Waals surface area contributed by atoms with Gasteiger partial charge < -0.3 is 5.11 Å². The largest absolute Gasteiger partial charge is 0.481 e. The molecule has 0 heterocycles. The van der Waals surface area contributed by atoms with Crippen LogP contribution in [0.3, 0.4) is 0 Å². The molecule has 0 radical (unpaired) electrons. The smallest absolute Gasteiger partial charge is 0.307 e. The van der Waals surface area contributed by atoms with E-state index in [9.17, 15) is 20.0 Å². The van der Waals surface area contributed by atoms with Crippen LogP contribution in [0, 0.1) is 38.7 Å². The number of nitro groups is 1. The average molecular weight is 267 g/mol. The maximum absolute atomic E-state index is 11.7. The standard InChI is InChI=1S/C14H21NO4/c1-13(2,3)11(12(16)17)14(8-15(18)19)7-9-5-4-6-10(9)14/h4,6,9-11H,5,7-8H2,1-3H3,(H,16,17). The summed E-state index contributed by atoms with van der Waals surface area (Å²) in [5.74, 6) is -1.13. The summed E-state index contributed by atoms with van der Waals surface area (Å²) in [5, 5.41) is 20.6. The van der Waals surface area contributed by atoms with Gasteiger partial charge in [0.2, 0.25) is 6.54 Å². The summed E-state index contributed by atoms with van der Waals surface area (Å²) in [7, 11) is 0. The number of carboxylic acid groups (broad SMARTS) is 1. The highest BCUT2D eigenvalue weighted by atomic mass is 16.6. The van der Waals surface area contributed by atoms with Gasteiger partial charge in [-0.1, -0.05) is 32.9 Å². The van der Waals surface area contributed by atoms with Crippen molar-refractivity contribution in [1.29, 1.82) is 0 Å². The molecule has 0 saturated heterocycles. The third-order valence-electron chi connectivity index (χ3n) is 4.71. The lowest BCUT2D eigenvalue weighted by atomic mass is 9.46. The predicted molar refractivity (Wildman–Crippen MR) is 70.2 cm³/mol. The molecule has 1 saturated carbocycles. The van der Waals surface area contributed by atoms with Gasteiger partial charge in [0.25, 0.3) is 0 Å². The summed E-state index contributed by atoms with van der Waals surface area (Å²) < 4.78 is 0. The van der Waals surface area contributed by atoms with Crippen LogP contribution < -0.4 is 0 Å². The molecule has 5 heteroatoms. The van der Waals surface area contributed by atoms with Crippen molar-refractivity contribution >= 4 is 5.97 Å². The Labute approximate surface area is 112 Å². The zero-order chi connectivity index (χ0) is 14.4. The van der Waals surface area contributed by atoms with Crippen LogP contribution in [0.2, 0.25) is 0 Å². The Morgan fingerprint density at radius 2 is 2.21 bits per heavy atom. The second-order valence-electron chi connectivity index (χ2n) is 7.02. The molecule has 0 aromatic rings. The number of carboxylic acids is 1. The van der Waals surface area contributed by atoms with Crippen molar-refractivity contribution in [3.63, 3.8) is 0 Å². The van der Waals surface area contributed by atoms with Gasteiger partial charge in [0.05, 0.1) is 11.3 Å². The van der Waals surface area contributed by atoms with E-state index in [0.29, 0.717) is 12.3 Å². The van der Waals surface area contributed by atoms with Gasteiger partial charge in [0.1, 0.15) is 0 Å². The lowest BCUT2D eigenvalue weighted by molar-refractivity contribution is -0.510. The number of aliphatic carboxylic acids is 1. The van der Waals surface area contributed by atoms with Gasteiger partial charge in [-0.3, -0.25) is 14.9 Å². The topological polar surface area (TPSA) is 80.4 Å². The van der Waals surface area contributed by atoms with Crippen molar-refractivity contribution < 1.29 is 14.8 Å². The Morgan fingerprint density at radius 3 is 2.63 bits per heavy atom. The van der Waals surface area contributed by atoms with Crippen LogP contribution >= 0.6 is 0 Å². The minimum absolute atomic E-state index is 0.0539. The number of allylic oxidation sites excluding steroid dienone is 2. The van der Waals surface area contributed by atoms with Gasteiger partial charge in [0, 0.05) is 4.92 Å². The summed E-state index contributed by atoms with van der Waals surface area (Å²) in [6, 6.07) is 0. The molecular weight excluding hydrogens is 246 g/mol. The molecule has 0 amide bonds. The lowest BCUT2D eigenvalue weighted by Crippen LogP contribution is -2.59. The van der Waals surface area contributed by atoms with Gasteiger partial charge in [-0.2, -0.15) is 0 Å². The summed E-state index contributed by atoms with van der Waals surface area (Å²) in [5.41, 5.74) is -1.20. The minimum Gasteiger partial charge on any atom is -0.481 e. The van der Waals surface area contributed by atoms with E-state index in [2.05, 4.69) is 0 Å². The first-order valence-electron chi connectivity index (χ1n) is 6.70. The molecule has 4 unspecified atom stereocenters. The van der Waals surface area contributed by atoms with Crippen LogP contribution in [0.5, 0.6) is 0 Å². The van der Waals surface area contributed by atoms with Crippen molar-refractivity contribution in [3.05, 3.63) is 22.3 Å². The Bertz CT molecular complexity index is 437. The number of nitrogens with zero attached hydrogens (tertiary/aromatic N) is 1. The van der Waals surface area contributed by atoms with Crippen molar-refractivity contribution in [2.75, 3.05) is 6.54 Å². The van der Waals surface area contributed by atoms with E-state index in [4.69, 9.17) is 0 Å². The van der Waals surface area contributed by atoms with E-state index >= 15 is 0 Å². The summed E-state index contributed by atoms with van der Waals surface area (Å²) in [4.78, 5) is 22.4. The van der Waals surface area contributed by atoms with Gasteiger partial charge >= 0.3 is 5.97 Å². The quantitative estimate of drug-likeness (QED) is 0.482. The number of fused-ring (bicyclic) bond motifs is 1. The van der Waals surface area contributed by atoms with Gasteiger partial charge in [-0.05, 0) is 30.1 Å². The third-order valence-corrected chi connectivity index (χ3v) is 4.71. The van der Waals surface area contributed by atoms with E-state index < -0.39 is 22.7 Å². The fraction of sp³-hybridized carbons (Fsp3) is 0.786. The number of hydrogen-bond acceptors (Lipinski definition) is 3. The summed E-state index contributed by atoms with van der Waals surface area (Å²) >= 11 is 0. The Kier molecular flexibility index (Phi) is 3.19. The molecule has 0 aromatic heterocycles. The van der Waals surface area contributed by atoms with Crippen molar-refractivity contribution in [2.45, 2.75) is 33.6 Å². The fourth-order valence-electron chi connectivity index (χ4n) is 4.33. The summed E-state index contributed by atoms with van der Waals surface area (Å²) in [6.45, 7) is 5.34. The predicted octanol–water partition coefficient (Wildman–Crippen LogP) is 2.59. The highest BCUT2D eigenvalue weighted by Crippen LogP contribution is 2.63. The number of hydrogen-bond donors (Lipinski definition) is 1. The number of carbonyl (C=O) groups is 1. The first-order chi connectivity index (χ1) is 8.68. The lowest BCUT2D eigenvalue weighted by Gasteiger charge is -2.55. The third kappa shape index (κ3) is 2.15. The van der Waals surface area contributed by atoms with E-state index in [1.54, 1.807) is 0 Å². The Balaban J connectivity index is 2.40. The molecular formula is C14H21NO4. The van der Waals surface area contributed by atoms with Gasteiger partial charge in [-0.25, -0.2) is 0 Å². The normalized spacial score (nSPS) is 34.5. The monoisotopic (exact) mass is 267 g/mol. The maximum atomic E-state index is 11.7. The molecule has 2 aliphatic rings. The van der Waals surface area contributed by atoms with Crippen LogP contribution in [0.25, 0.3) is 0 Å². The molecule has 1 N–H and O–H groups in total. The molecule has 0 aliphatic heterocycles. The van der Waals surface area contributed by atoms with E-state index in [0.717, 1.165) is 6.42 Å². The van der Waals surface area contributed by atoms with E-state index in [1.807, 2.05) is 32.9 Å². The average Bonchev–Trinajstić information content (AvgIpc) is 2.55. The van der Waals surface area contributed by atoms with Crippen LogP contribution in [-0.2, 0) is 4.79 Å².